The van der Waals surface area contributed by atoms with Crippen LogP contribution in [0.2, 0.25) is 0 Å². The van der Waals surface area contributed by atoms with E-state index >= 15 is 0 Å². The zero-order chi connectivity index (χ0) is 12.4. The van der Waals surface area contributed by atoms with E-state index in [1.54, 1.807) is 11.3 Å². The maximum Gasteiger partial charge on any atom is 0.0839 e. The Morgan fingerprint density at radius 3 is 2.65 bits per heavy atom. The number of benzene rings is 1. The highest BCUT2D eigenvalue weighted by atomic mass is 79.9. The van der Waals surface area contributed by atoms with Crippen molar-refractivity contribution in [3.05, 3.63) is 54.6 Å². The molecule has 0 aliphatic rings. The number of rotatable bonds is 3. The summed E-state index contributed by atoms with van der Waals surface area (Å²) in [6.45, 7) is 2.03. The van der Waals surface area contributed by atoms with E-state index in [9.17, 15) is 5.11 Å². The van der Waals surface area contributed by atoms with Gasteiger partial charge < -0.3 is 5.11 Å². The van der Waals surface area contributed by atoms with Crippen LogP contribution in [0.3, 0.4) is 0 Å². The van der Waals surface area contributed by atoms with Gasteiger partial charge in [0.2, 0.25) is 0 Å². The molecule has 90 valence electrons. The summed E-state index contributed by atoms with van der Waals surface area (Å²) in [6, 6.07) is 8.05. The van der Waals surface area contributed by atoms with Crippen LogP contribution in [-0.4, -0.2) is 5.11 Å². The molecule has 2 aromatic rings. The van der Waals surface area contributed by atoms with Crippen LogP contribution in [0, 0.1) is 6.92 Å². The van der Waals surface area contributed by atoms with Gasteiger partial charge in [-0.3, -0.25) is 0 Å². The van der Waals surface area contributed by atoms with Crippen molar-refractivity contribution in [1.82, 2.24) is 0 Å². The van der Waals surface area contributed by atoms with Gasteiger partial charge in [0.1, 0.15) is 0 Å². The molecule has 0 fully saturated rings. The smallest absolute Gasteiger partial charge is 0.0839 e. The molecule has 0 saturated heterocycles. The molecule has 0 spiro atoms. The van der Waals surface area contributed by atoms with Gasteiger partial charge in [-0.1, -0.05) is 22.0 Å². The van der Waals surface area contributed by atoms with E-state index in [0.29, 0.717) is 6.42 Å². The van der Waals surface area contributed by atoms with Crippen molar-refractivity contribution in [2.45, 2.75) is 19.4 Å². The van der Waals surface area contributed by atoms with Crippen molar-refractivity contribution in [1.29, 1.82) is 0 Å². The van der Waals surface area contributed by atoms with E-state index < -0.39 is 6.10 Å². The molecular formula is C13H12Br2OS. The van der Waals surface area contributed by atoms with Crippen molar-refractivity contribution in [2.75, 3.05) is 0 Å². The van der Waals surface area contributed by atoms with Crippen molar-refractivity contribution in [3.8, 4) is 0 Å². The van der Waals surface area contributed by atoms with Crippen LogP contribution in [0.5, 0.6) is 0 Å². The molecule has 0 aliphatic heterocycles. The van der Waals surface area contributed by atoms with Crippen molar-refractivity contribution < 1.29 is 5.11 Å². The number of hydrogen-bond donors (Lipinski definition) is 1. The van der Waals surface area contributed by atoms with Crippen LogP contribution >= 0.6 is 43.2 Å². The molecule has 0 aliphatic carbocycles. The molecular weight excluding hydrogens is 364 g/mol. The molecule has 0 bridgehead atoms. The number of thiophene rings is 1. The molecule has 2 rings (SSSR count). The first-order valence-electron chi connectivity index (χ1n) is 5.23. The lowest BCUT2D eigenvalue weighted by Crippen LogP contribution is -2.01. The first-order chi connectivity index (χ1) is 8.06. The highest BCUT2D eigenvalue weighted by molar-refractivity contribution is 9.10. The summed E-state index contributed by atoms with van der Waals surface area (Å²) in [7, 11) is 0. The average Bonchev–Trinajstić information content (AvgIpc) is 2.63. The number of hydrogen-bond acceptors (Lipinski definition) is 2. The number of aliphatic hydroxyl groups excluding tert-OH is 1. The Hall–Kier alpha value is -0.160. The Kier molecular flexibility index (Phi) is 4.42. The first-order valence-corrected chi connectivity index (χ1v) is 7.70. The fourth-order valence-corrected chi connectivity index (χ4v) is 3.90. The third-order valence-electron chi connectivity index (χ3n) is 2.52. The van der Waals surface area contributed by atoms with Gasteiger partial charge in [-0.25, -0.2) is 0 Å². The normalized spacial score (nSPS) is 12.7. The van der Waals surface area contributed by atoms with Gasteiger partial charge in [-0.15, -0.1) is 11.3 Å². The van der Waals surface area contributed by atoms with E-state index in [1.165, 1.54) is 4.88 Å². The lowest BCUT2D eigenvalue weighted by atomic mass is 10.0. The summed E-state index contributed by atoms with van der Waals surface area (Å²) in [5.74, 6) is 0. The lowest BCUT2D eigenvalue weighted by molar-refractivity contribution is 0.179. The Balaban J connectivity index is 2.20. The second-order valence-electron chi connectivity index (χ2n) is 3.97. The summed E-state index contributed by atoms with van der Waals surface area (Å²) in [6.07, 6.45) is 0.190. The monoisotopic (exact) mass is 374 g/mol. The van der Waals surface area contributed by atoms with Gasteiger partial charge in [0, 0.05) is 20.2 Å². The number of aliphatic hydroxyl groups is 1. The first kappa shape index (κ1) is 13.3. The highest BCUT2D eigenvalue weighted by Crippen LogP contribution is 2.29. The minimum atomic E-state index is -0.457. The zero-order valence-corrected chi connectivity index (χ0v) is 13.3. The highest BCUT2D eigenvalue weighted by Gasteiger charge is 2.12. The van der Waals surface area contributed by atoms with Gasteiger partial charge in [0.25, 0.3) is 0 Å². The van der Waals surface area contributed by atoms with Gasteiger partial charge in [0.05, 0.1) is 6.10 Å². The average molecular weight is 376 g/mol. The third kappa shape index (κ3) is 3.41. The van der Waals surface area contributed by atoms with E-state index in [-0.39, 0.29) is 0 Å². The topological polar surface area (TPSA) is 20.2 Å². The summed E-state index contributed by atoms with van der Waals surface area (Å²) in [5, 5.41) is 12.3. The van der Waals surface area contributed by atoms with Crippen LogP contribution in [-0.2, 0) is 6.42 Å². The third-order valence-corrected chi connectivity index (χ3v) is 4.93. The van der Waals surface area contributed by atoms with Gasteiger partial charge in [-0.2, -0.15) is 0 Å². The molecule has 0 amide bonds. The SMILES string of the molecule is Cc1cc(Br)cc(C(O)Cc2sccc2Br)c1. The van der Waals surface area contributed by atoms with E-state index in [2.05, 4.69) is 31.9 Å². The lowest BCUT2D eigenvalue weighted by Gasteiger charge is -2.11. The van der Waals surface area contributed by atoms with Crippen molar-refractivity contribution >= 4 is 43.2 Å². The summed E-state index contributed by atoms with van der Waals surface area (Å²) in [4.78, 5) is 1.18. The molecule has 1 atom stereocenters. The van der Waals surface area contributed by atoms with E-state index in [4.69, 9.17) is 0 Å². The molecule has 1 unspecified atom stereocenters. The Labute approximate surface area is 122 Å². The van der Waals surface area contributed by atoms with Crippen molar-refractivity contribution in [2.24, 2.45) is 0 Å². The zero-order valence-electron chi connectivity index (χ0n) is 9.28. The minimum absolute atomic E-state index is 0.457. The minimum Gasteiger partial charge on any atom is -0.388 e. The second-order valence-corrected chi connectivity index (χ2v) is 6.74. The largest absolute Gasteiger partial charge is 0.388 e. The molecule has 1 aromatic carbocycles. The maximum absolute atomic E-state index is 10.2. The van der Waals surface area contributed by atoms with Gasteiger partial charge in [-0.05, 0) is 57.6 Å². The molecule has 0 radical (unpaired) electrons. The molecule has 1 aromatic heterocycles. The summed E-state index contributed by atoms with van der Waals surface area (Å²) >= 11 is 8.60. The number of halogens is 2. The van der Waals surface area contributed by atoms with Crippen LogP contribution in [0.25, 0.3) is 0 Å². The Morgan fingerprint density at radius 2 is 2.06 bits per heavy atom. The van der Waals surface area contributed by atoms with Gasteiger partial charge >= 0.3 is 0 Å². The molecule has 1 heterocycles. The molecule has 4 heteroatoms. The van der Waals surface area contributed by atoms with Crippen molar-refractivity contribution in [3.63, 3.8) is 0 Å². The van der Waals surface area contributed by atoms with Crippen LogP contribution in [0.4, 0.5) is 0 Å². The van der Waals surface area contributed by atoms with Crippen LogP contribution in [0.15, 0.2) is 38.6 Å². The molecule has 1 nitrogen and oxygen atoms in total. The van der Waals surface area contributed by atoms with Crippen LogP contribution in [0.1, 0.15) is 22.1 Å². The second kappa shape index (κ2) is 5.65. The quantitative estimate of drug-likeness (QED) is 0.812. The predicted molar refractivity (Wildman–Crippen MR) is 79.6 cm³/mol. The molecule has 1 N–H and O–H groups in total. The van der Waals surface area contributed by atoms with E-state index in [0.717, 1.165) is 20.1 Å². The molecule has 17 heavy (non-hydrogen) atoms. The fraction of sp³-hybridized carbons (Fsp3) is 0.231. The molecule has 0 saturated carbocycles. The van der Waals surface area contributed by atoms with Crippen LogP contribution < -0.4 is 0 Å². The summed E-state index contributed by atoms with van der Waals surface area (Å²) in [5.41, 5.74) is 2.11. The standard InChI is InChI=1S/C13H12Br2OS/c1-8-4-9(6-10(14)5-8)12(16)7-13-11(15)2-3-17-13/h2-6,12,16H,7H2,1H3. The Morgan fingerprint density at radius 1 is 1.29 bits per heavy atom. The Bertz CT molecular complexity index is 502. The fourth-order valence-electron chi connectivity index (χ4n) is 1.72. The maximum atomic E-state index is 10.2. The van der Waals surface area contributed by atoms with Gasteiger partial charge in [0.15, 0.2) is 0 Å². The van der Waals surface area contributed by atoms with E-state index in [1.807, 2.05) is 36.6 Å². The predicted octanol–water partition coefficient (Wildman–Crippen LogP) is 4.86. The number of aryl methyl sites for hydroxylation is 1. The summed E-state index contributed by atoms with van der Waals surface area (Å²) < 4.78 is 2.09.